The highest BCUT2D eigenvalue weighted by Crippen LogP contribution is 2.41. The first-order chi connectivity index (χ1) is 16.9. The van der Waals surface area contributed by atoms with E-state index < -0.39 is 5.82 Å². The van der Waals surface area contributed by atoms with Crippen molar-refractivity contribution in [2.24, 2.45) is 0 Å². The minimum absolute atomic E-state index is 0.0486. The quantitative estimate of drug-likeness (QED) is 0.461. The van der Waals surface area contributed by atoms with Crippen LogP contribution in [0.25, 0.3) is 22.3 Å². The van der Waals surface area contributed by atoms with Crippen molar-refractivity contribution in [2.45, 2.75) is 0 Å². The number of amides is 1. The second kappa shape index (κ2) is 11.0. The van der Waals surface area contributed by atoms with Crippen LogP contribution < -0.4 is 15.1 Å². The van der Waals surface area contributed by atoms with E-state index in [2.05, 4.69) is 15.2 Å². The summed E-state index contributed by atoms with van der Waals surface area (Å²) in [4.78, 5) is 21.7. The Balaban J connectivity index is 1.68. The molecule has 0 unspecified atom stereocenters. The second-order valence-corrected chi connectivity index (χ2v) is 9.16. The van der Waals surface area contributed by atoms with Crippen molar-refractivity contribution in [1.82, 2.24) is 15.2 Å². The molecule has 2 heterocycles. The van der Waals surface area contributed by atoms with E-state index >= 15 is 0 Å². The van der Waals surface area contributed by atoms with E-state index in [0.29, 0.717) is 46.1 Å². The van der Waals surface area contributed by atoms with Crippen molar-refractivity contribution < 1.29 is 14.3 Å². The van der Waals surface area contributed by atoms with Gasteiger partial charge in [0.1, 0.15) is 17.4 Å². The first-order valence-corrected chi connectivity index (χ1v) is 11.9. The standard InChI is InChI=1S/C26H29ClFN5O2/c1-31(2)11-12-33(17-34)24-4-3-18(13-23(24)27)21-15-20(28)16-22(26(21)35)19-5-6-30-25(14-19)32-9-7-29-8-10-32/h3-6,13-17,29,35H,7-12H2,1-2H3. The van der Waals surface area contributed by atoms with Gasteiger partial charge in [-0.25, -0.2) is 9.37 Å². The number of halogens is 2. The molecule has 1 aliphatic heterocycles. The SMILES string of the molecule is CN(C)CCN(C=O)c1ccc(-c2cc(F)cc(-c3ccnc(N4CCNCC4)c3)c2O)cc1Cl. The summed E-state index contributed by atoms with van der Waals surface area (Å²) in [5, 5.41) is 14.8. The number of aromatic hydroxyl groups is 1. The molecule has 7 nitrogen and oxygen atoms in total. The molecule has 0 atom stereocenters. The molecule has 0 bridgehead atoms. The van der Waals surface area contributed by atoms with Gasteiger partial charge in [0.25, 0.3) is 0 Å². The van der Waals surface area contributed by atoms with Crippen molar-refractivity contribution in [3.05, 3.63) is 59.5 Å². The summed E-state index contributed by atoms with van der Waals surface area (Å²) in [5.74, 6) is 0.259. The summed E-state index contributed by atoms with van der Waals surface area (Å²) in [6.07, 6.45) is 2.41. The summed E-state index contributed by atoms with van der Waals surface area (Å²) in [6, 6.07) is 11.3. The van der Waals surface area contributed by atoms with Crippen molar-refractivity contribution in [1.29, 1.82) is 0 Å². The summed E-state index contributed by atoms with van der Waals surface area (Å²) in [7, 11) is 3.85. The van der Waals surface area contributed by atoms with E-state index in [-0.39, 0.29) is 5.75 Å². The normalized spacial score (nSPS) is 13.8. The van der Waals surface area contributed by atoms with E-state index in [4.69, 9.17) is 11.6 Å². The smallest absolute Gasteiger partial charge is 0.214 e. The van der Waals surface area contributed by atoms with Gasteiger partial charge in [-0.15, -0.1) is 0 Å². The van der Waals surface area contributed by atoms with E-state index in [0.717, 1.165) is 38.4 Å². The monoisotopic (exact) mass is 497 g/mol. The van der Waals surface area contributed by atoms with E-state index in [1.54, 1.807) is 30.5 Å². The van der Waals surface area contributed by atoms with Gasteiger partial charge in [0, 0.05) is 56.6 Å². The molecule has 1 amide bonds. The van der Waals surface area contributed by atoms with E-state index in [9.17, 15) is 14.3 Å². The Hall–Kier alpha value is -3.20. The topological polar surface area (TPSA) is 71.9 Å². The summed E-state index contributed by atoms with van der Waals surface area (Å²) < 4.78 is 14.7. The van der Waals surface area contributed by atoms with Crippen molar-refractivity contribution >= 4 is 29.5 Å². The lowest BCUT2D eigenvalue weighted by atomic mass is 9.97. The molecule has 0 aliphatic carbocycles. The highest BCUT2D eigenvalue weighted by molar-refractivity contribution is 6.34. The average molecular weight is 498 g/mol. The number of nitrogens with zero attached hydrogens (tertiary/aromatic N) is 4. The number of rotatable bonds is 8. The lowest BCUT2D eigenvalue weighted by Crippen LogP contribution is -2.43. The number of carbonyl (C=O) groups excluding carboxylic acids is 1. The van der Waals surface area contributed by atoms with Crippen LogP contribution in [0.4, 0.5) is 15.9 Å². The van der Waals surface area contributed by atoms with Crippen molar-refractivity contribution in [2.75, 3.05) is 63.2 Å². The number of anilines is 2. The van der Waals surface area contributed by atoms with Gasteiger partial charge in [-0.1, -0.05) is 17.7 Å². The summed E-state index contributed by atoms with van der Waals surface area (Å²) >= 11 is 6.52. The number of benzene rings is 2. The number of pyridine rings is 1. The van der Waals surface area contributed by atoms with Gasteiger partial charge in [0.05, 0.1) is 10.7 Å². The molecule has 9 heteroatoms. The van der Waals surface area contributed by atoms with Crippen LogP contribution >= 0.6 is 11.6 Å². The Kier molecular flexibility index (Phi) is 7.85. The lowest BCUT2D eigenvalue weighted by molar-refractivity contribution is -0.107. The zero-order valence-electron chi connectivity index (χ0n) is 19.8. The number of carbonyl (C=O) groups is 1. The predicted octanol–water partition coefficient (Wildman–Crippen LogP) is 3.85. The van der Waals surface area contributed by atoms with Crippen LogP contribution in [0, 0.1) is 5.82 Å². The van der Waals surface area contributed by atoms with Crippen LogP contribution in [0.1, 0.15) is 0 Å². The Bertz CT molecular complexity index is 1200. The van der Waals surface area contributed by atoms with Crippen LogP contribution in [0.3, 0.4) is 0 Å². The third-order valence-electron chi connectivity index (χ3n) is 6.06. The molecule has 1 aromatic heterocycles. The minimum atomic E-state index is -0.478. The Morgan fingerprint density at radius 1 is 1.09 bits per heavy atom. The molecule has 35 heavy (non-hydrogen) atoms. The third-order valence-corrected chi connectivity index (χ3v) is 6.36. The Morgan fingerprint density at radius 2 is 1.77 bits per heavy atom. The molecule has 2 aromatic carbocycles. The fourth-order valence-corrected chi connectivity index (χ4v) is 4.43. The zero-order valence-corrected chi connectivity index (χ0v) is 20.6. The fourth-order valence-electron chi connectivity index (χ4n) is 4.14. The maximum Gasteiger partial charge on any atom is 0.214 e. The average Bonchev–Trinajstić information content (AvgIpc) is 2.86. The second-order valence-electron chi connectivity index (χ2n) is 8.76. The van der Waals surface area contributed by atoms with Crippen LogP contribution in [0.5, 0.6) is 5.75 Å². The van der Waals surface area contributed by atoms with Crippen molar-refractivity contribution in [3.63, 3.8) is 0 Å². The van der Waals surface area contributed by atoms with Crippen molar-refractivity contribution in [3.8, 4) is 28.0 Å². The molecule has 1 aliphatic rings. The minimum Gasteiger partial charge on any atom is -0.507 e. The third kappa shape index (κ3) is 5.73. The Labute approximate surface area is 209 Å². The molecule has 1 saturated heterocycles. The van der Waals surface area contributed by atoms with Gasteiger partial charge in [-0.05, 0) is 61.6 Å². The van der Waals surface area contributed by atoms with E-state index in [1.165, 1.54) is 17.0 Å². The van der Waals surface area contributed by atoms with Crippen LogP contribution in [-0.4, -0.2) is 74.8 Å². The Morgan fingerprint density at radius 3 is 2.40 bits per heavy atom. The molecule has 0 spiro atoms. The molecule has 2 N–H and O–H groups in total. The maximum absolute atomic E-state index is 14.7. The highest BCUT2D eigenvalue weighted by atomic mass is 35.5. The maximum atomic E-state index is 14.7. The number of nitrogens with one attached hydrogen (secondary N) is 1. The van der Waals surface area contributed by atoms with E-state index in [1.807, 2.05) is 25.1 Å². The molecule has 184 valence electrons. The molecule has 0 radical (unpaired) electrons. The van der Waals surface area contributed by atoms with Gasteiger partial charge < -0.3 is 25.1 Å². The van der Waals surface area contributed by atoms with Gasteiger partial charge in [0.15, 0.2) is 0 Å². The van der Waals surface area contributed by atoms with Crippen LogP contribution in [0.2, 0.25) is 5.02 Å². The number of phenols is 1. The number of aromatic nitrogens is 1. The van der Waals surface area contributed by atoms with Gasteiger partial charge in [0.2, 0.25) is 6.41 Å². The number of phenolic OH excluding ortho intramolecular Hbond substituents is 1. The molecule has 3 aromatic rings. The molecule has 4 rings (SSSR count). The van der Waals surface area contributed by atoms with Gasteiger partial charge >= 0.3 is 0 Å². The zero-order chi connectivity index (χ0) is 24.9. The number of piperazine rings is 1. The number of hydrogen-bond acceptors (Lipinski definition) is 6. The van der Waals surface area contributed by atoms with Gasteiger partial charge in [-0.2, -0.15) is 0 Å². The number of hydrogen-bond donors (Lipinski definition) is 2. The first-order valence-electron chi connectivity index (χ1n) is 11.5. The van der Waals surface area contributed by atoms with Crippen LogP contribution in [-0.2, 0) is 4.79 Å². The molecular formula is C26H29ClFN5O2. The lowest BCUT2D eigenvalue weighted by Gasteiger charge is -2.28. The highest BCUT2D eigenvalue weighted by Gasteiger charge is 2.18. The molecule has 1 fully saturated rings. The predicted molar refractivity (Wildman–Crippen MR) is 139 cm³/mol. The van der Waals surface area contributed by atoms with Gasteiger partial charge in [-0.3, -0.25) is 4.79 Å². The van der Waals surface area contributed by atoms with Crippen LogP contribution in [0.15, 0.2) is 48.7 Å². The summed E-state index contributed by atoms with van der Waals surface area (Å²) in [5.41, 5.74) is 2.47. The number of likely N-dealkylation sites (N-methyl/N-ethyl adjacent to an activating group) is 1. The first kappa shape index (κ1) is 24.9. The largest absolute Gasteiger partial charge is 0.507 e. The molecular weight excluding hydrogens is 469 g/mol. The molecule has 0 saturated carbocycles. The summed E-state index contributed by atoms with van der Waals surface area (Å²) in [6.45, 7) is 4.54. The fraction of sp³-hybridized carbons (Fsp3) is 0.308.